The standard InChI is InChI=1S/C13H12BrFN2O2/c1-2-18-12-5-13(11(16)4-10(12)15)19-9-3-8(14)6-17-7-9/h3-7H,2,16H2,1H3. The molecule has 4 nitrogen and oxygen atoms in total. The lowest BCUT2D eigenvalue weighted by molar-refractivity contribution is 0.319. The molecule has 0 aliphatic carbocycles. The quantitative estimate of drug-likeness (QED) is 0.869. The van der Waals surface area contributed by atoms with Crippen molar-refractivity contribution in [1.82, 2.24) is 4.98 Å². The van der Waals surface area contributed by atoms with Crippen molar-refractivity contribution in [2.45, 2.75) is 6.92 Å². The SMILES string of the molecule is CCOc1cc(Oc2cncc(Br)c2)c(N)cc1F. The fourth-order valence-corrected chi connectivity index (χ4v) is 1.82. The Morgan fingerprint density at radius 3 is 2.74 bits per heavy atom. The Balaban J connectivity index is 2.31. The normalized spacial score (nSPS) is 10.3. The minimum Gasteiger partial charge on any atom is -0.491 e. The summed E-state index contributed by atoms with van der Waals surface area (Å²) in [5.41, 5.74) is 5.91. The van der Waals surface area contributed by atoms with Crippen LogP contribution in [0.15, 0.2) is 35.1 Å². The Bertz CT molecular complexity index is 593. The first-order chi connectivity index (χ1) is 9.10. The highest BCUT2D eigenvalue weighted by Gasteiger charge is 2.11. The number of nitrogen functional groups attached to an aromatic ring is 1. The summed E-state index contributed by atoms with van der Waals surface area (Å²) in [6, 6.07) is 4.33. The number of pyridine rings is 1. The molecule has 19 heavy (non-hydrogen) atoms. The summed E-state index contributed by atoms with van der Waals surface area (Å²) >= 11 is 3.29. The molecule has 0 radical (unpaired) electrons. The van der Waals surface area contributed by atoms with E-state index in [0.717, 1.165) is 4.47 Å². The van der Waals surface area contributed by atoms with Crippen LogP contribution < -0.4 is 15.2 Å². The maximum atomic E-state index is 13.5. The molecule has 0 aliphatic heterocycles. The van der Waals surface area contributed by atoms with Gasteiger partial charge in [-0.1, -0.05) is 0 Å². The predicted octanol–water partition coefficient (Wildman–Crippen LogP) is 3.76. The molecule has 0 bridgehead atoms. The fraction of sp³-hybridized carbons (Fsp3) is 0.154. The summed E-state index contributed by atoms with van der Waals surface area (Å²) in [7, 11) is 0. The van der Waals surface area contributed by atoms with Crippen LogP contribution in [0.3, 0.4) is 0 Å². The smallest absolute Gasteiger partial charge is 0.167 e. The van der Waals surface area contributed by atoms with Crippen LogP contribution in [0, 0.1) is 5.82 Å². The minimum atomic E-state index is -0.515. The van der Waals surface area contributed by atoms with Gasteiger partial charge in [0.05, 0.1) is 18.5 Å². The van der Waals surface area contributed by atoms with Crippen LogP contribution in [0.2, 0.25) is 0 Å². The van der Waals surface area contributed by atoms with E-state index >= 15 is 0 Å². The zero-order chi connectivity index (χ0) is 13.8. The molecule has 2 rings (SSSR count). The molecule has 1 heterocycles. The predicted molar refractivity (Wildman–Crippen MR) is 74.0 cm³/mol. The van der Waals surface area contributed by atoms with Gasteiger partial charge in [0.1, 0.15) is 5.75 Å². The first-order valence-corrected chi connectivity index (χ1v) is 6.39. The third-order valence-electron chi connectivity index (χ3n) is 2.27. The van der Waals surface area contributed by atoms with Gasteiger partial charge in [0, 0.05) is 22.8 Å². The van der Waals surface area contributed by atoms with Crippen LogP contribution in [0.1, 0.15) is 6.92 Å². The average molecular weight is 327 g/mol. The molecular formula is C13H12BrFN2O2. The van der Waals surface area contributed by atoms with E-state index in [0.29, 0.717) is 18.1 Å². The molecule has 0 aliphatic rings. The van der Waals surface area contributed by atoms with Crippen molar-refractivity contribution in [3.8, 4) is 17.2 Å². The van der Waals surface area contributed by atoms with Crippen LogP contribution in [0.5, 0.6) is 17.2 Å². The van der Waals surface area contributed by atoms with Gasteiger partial charge < -0.3 is 15.2 Å². The summed E-state index contributed by atoms with van der Waals surface area (Å²) in [4.78, 5) is 3.97. The van der Waals surface area contributed by atoms with Gasteiger partial charge in [-0.05, 0) is 28.9 Å². The van der Waals surface area contributed by atoms with Crippen LogP contribution in [0.4, 0.5) is 10.1 Å². The van der Waals surface area contributed by atoms with E-state index < -0.39 is 5.82 Å². The molecule has 1 aromatic heterocycles. The first kappa shape index (κ1) is 13.6. The van der Waals surface area contributed by atoms with Crippen LogP contribution >= 0.6 is 15.9 Å². The molecule has 100 valence electrons. The highest BCUT2D eigenvalue weighted by molar-refractivity contribution is 9.10. The first-order valence-electron chi connectivity index (χ1n) is 5.60. The number of aromatic nitrogens is 1. The Morgan fingerprint density at radius 1 is 1.26 bits per heavy atom. The summed E-state index contributed by atoms with van der Waals surface area (Å²) in [5, 5.41) is 0. The van der Waals surface area contributed by atoms with Gasteiger partial charge in [-0.3, -0.25) is 4.98 Å². The number of hydrogen-bond acceptors (Lipinski definition) is 4. The molecule has 2 aromatic rings. The van der Waals surface area contributed by atoms with Gasteiger partial charge >= 0.3 is 0 Å². The third kappa shape index (κ3) is 3.35. The highest BCUT2D eigenvalue weighted by atomic mass is 79.9. The Labute approximate surface area is 118 Å². The second-order valence-corrected chi connectivity index (χ2v) is 4.61. The lowest BCUT2D eigenvalue weighted by atomic mass is 10.2. The maximum absolute atomic E-state index is 13.5. The van der Waals surface area contributed by atoms with Crippen molar-refractivity contribution in [2.24, 2.45) is 0 Å². The second-order valence-electron chi connectivity index (χ2n) is 3.69. The van der Waals surface area contributed by atoms with Crippen molar-refractivity contribution in [1.29, 1.82) is 0 Å². The molecule has 6 heteroatoms. The summed E-state index contributed by atoms with van der Waals surface area (Å²) in [6.07, 6.45) is 3.17. The molecule has 0 atom stereocenters. The monoisotopic (exact) mass is 326 g/mol. The molecule has 0 amide bonds. The van der Waals surface area contributed by atoms with E-state index in [9.17, 15) is 4.39 Å². The fourth-order valence-electron chi connectivity index (χ4n) is 1.48. The number of anilines is 1. The van der Waals surface area contributed by atoms with Gasteiger partial charge in [0.25, 0.3) is 0 Å². The molecule has 2 N–H and O–H groups in total. The van der Waals surface area contributed by atoms with Crippen molar-refractivity contribution in [2.75, 3.05) is 12.3 Å². The van der Waals surface area contributed by atoms with E-state index in [-0.39, 0.29) is 11.4 Å². The van der Waals surface area contributed by atoms with Crippen molar-refractivity contribution >= 4 is 21.6 Å². The van der Waals surface area contributed by atoms with E-state index in [1.54, 1.807) is 19.2 Å². The number of benzene rings is 1. The number of rotatable bonds is 4. The topological polar surface area (TPSA) is 57.4 Å². The van der Waals surface area contributed by atoms with Gasteiger partial charge in [0.15, 0.2) is 17.3 Å². The largest absolute Gasteiger partial charge is 0.491 e. The minimum absolute atomic E-state index is 0.106. The van der Waals surface area contributed by atoms with Gasteiger partial charge in [-0.25, -0.2) is 4.39 Å². The lowest BCUT2D eigenvalue weighted by Crippen LogP contribution is -1.99. The molecule has 0 saturated carbocycles. The maximum Gasteiger partial charge on any atom is 0.167 e. The van der Waals surface area contributed by atoms with Crippen molar-refractivity contribution in [3.05, 3.63) is 40.9 Å². The Kier molecular flexibility index (Phi) is 4.21. The van der Waals surface area contributed by atoms with Gasteiger partial charge in [0.2, 0.25) is 0 Å². The van der Waals surface area contributed by atoms with E-state index in [2.05, 4.69) is 20.9 Å². The average Bonchev–Trinajstić information content (AvgIpc) is 2.35. The van der Waals surface area contributed by atoms with Crippen molar-refractivity contribution < 1.29 is 13.9 Å². The van der Waals surface area contributed by atoms with Crippen LogP contribution in [-0.2, 0) is 0 Å². The number of ether oxygens (including phenoxy) is 2. The molecular weight excluding hydrogens is 315 g/mol. The number of nitrogens with two attached hydrogens (primary N) is 1. The Morgan fingerprint density at radius 2 is 2.05 bits per heavy atom. The highest BCUT2D eigenvalue weighted by Crippen LogP contribution is 2.33. The lowest BCUT2D eigenvalue weighted by Gasteiger charge is -2.11. The summed E-state index contributed by atoms with van der Waals surface area (Å²) < 4.78 is 25.0. The molecule has 0 unspecified atom stereocenters. The number of nitrogens with zero attached hydrogens (tertiary/aromatic N) is 1. The molecule has 0 fully saturated rings. The molecule has 1 aromatic carbocycles. The van der Waals surface area contributed by atoms with E-state index in [1.165, 1.54) is 18.3 Å². The van der Waals surface area contributed by atoms with E-state index in [4.69, 9.17) is 15.2 Å². The van der Waals surface area contributed by atoms with Crippen LogP contribution in [0.25, 0.3) is 0 Å². The Hall–Kier alpha value is -1.82. The summed E-state index contributed by atoms with van der Waals surface area (Å²) in [5.74, 6) is 0.411. The van der Waals surface area contributed by atoms with E-state index in [1.807, 2.05) is 0 Å². The number of hydrogen-bond donors (Lipinski definition) is 1. The molecule has 0 spiro atoms. The van der Waals surface area contributed by atoms with Gasteiger partial charge in [-0.15, -0.1) is 0 Å². The second kappa shape index (κ2) is 5.88. The van der Waals surface area contributed by atoms with Crippen molar-refractivity contribution in [3.63, 3.8) is 0 Å². The van der Waals surface area contributed by atoms with Crippen LogP contribution in [-0.4, -0.2) is 11.6 Å². The summed E-state index contributed by atoms with van der Waals surface area (Å²) in [6.45, 7) is 2.13. The zero-order valence-electron chi connectivity index (χ0n) is 10.2. The number of halogens is 2. The van der Waals surface area contributed by atoms with Gasteiger partial charge in [-0.2, -0.15) is 0 Å². The molecule has 0 saturated heterocycles. The zero-order valence-corrected chi connectivity index (χ0v) is 11.8. The third-order valence-corrected chi connectivity index (χ3v) is 2.71.